The average molecular weight is 131 g/mol. The number of hydrogen-bond donors (Lipinski definition) is 1. The van der Waals surface area contributed by atoms with E-state index in [1.165, 1.54) is 6.42 Å². The second kappa shape index (κ2) is 10.9. The maximum Gasteiger partial charge on any atom is -0.00263 e. The summed E-state index contributed by atoms with van der Waals surface area (Å²) in [6.07, 6.45) is 1.28. The van der Waals surface area contributed by atoms with Gasteiger partial charge < -0.3 is 5.32 Å². The van der Waals surface area contributed by atoms with Gasteiger partial charge in [0.1, 0.15) is 0 Å². The summed E-state index contributed by atoms with van der Waals surface area (Å²) in [5.41, 5.74) is 0. The van der Waals surface area contributed by atoms with Gasteiger partial charge in [0.05, 0.1) is 0 Å². The van der Waals surface area contributed by atoms with Gasteiger partial charge in [-0.3, -0.25) is 0 Å². The third-order valence-corrected chi connectivity index (χ3v) is 1.25. The first-order valence-electron chi connectivity index (χ1n) is 3.95. The van der Waals surface area contributed by atoms with Crippen molar-refractivity contribution in [2.24, 2.45) is 5.92 Å². The van der Waals surface area contributed by atoms with E-state index < -0.39 is 0 Å². The molecule has 0 aliphatic heterocycles. The fourth-order valence-corrected chi connectivity index (χ4v) is 0.493. The minimum absolute atomic E-state index is 0.838. The predicted molar refractivity (Wildman–Crippen MR) is 44.7 cm³/mol. The standard InChI is InChI=1S/C6H15N.C2H6/c1-4-6(2)5-7-3;1-2/h6-7H,4-5H2,1-3H3;1-2H3/t6-;/m1./s1. The van der Waals surface area contributed by atoms with Gasteiger partial charge in [-0.05, 0) is 19.5 Å². The molecule has 0 aromatic rings. The van der Waals surface area contributed by atoms with Crippen molar-refractivity contribution in [1.29, 1.82) is 0 Å². The minimum atomic E-state index is 0.838. The molecule has 1 nitrogen and oxygen atoms in total. The highest BCUT2D eigenvalue weighted by molar-refractivity contribution is 4.49. The number of rotatable bonds is 3. The molecule has 0 saturated carbocycles. The van der Waals surface area contributed by atoms with Gasteiger partial charge in [-0.15, -0.1) is 0 Å². The molecule has 0 spiro atoms. The Balaban J connectivity index is 0. The van der Waals surface area contributed by atoms with Crippen molar-refractivity contribution < 1.29 is 0 Å². The van der Waals surface area contributed by atoms with Crippen molar-refractivity contribution in [3.05, 3.63) is 0 Å². The van der Waals surface area contributed by atoms with E-state index in [0.29, 0.717) is 0 Å². The van der Waals surface area contributed by atoms with Gasteiger partial charge >= 0.3 is 0 Å². The highest BCUT2D eigenvalue weighted by Crippen LogP contribution is 1.95. The maximum atomic E-state index is 3.12. The second-order valence-corrected chi connectivity index (χ2v) is 2.07. The van der Waals surface area contributed by atoms with Crippen LogP contribution in [-0.4, -0.2) is 13.6 Å². The molecule has 0 aliphatic rings. The van der Waals surface area contributed by atoms with Crippen molar-refractivity contribution in [2.45, 2.75) is 34.1 Å². The van der Waals surface area contributed by atoms with E-state index in [2.05, 4.69) is 19.2 Å². The van der Waals surface area contributed by atoms with Crippen LogP contribution in [0, 0.1) is 5.92 Å². The van der Waals surface area contributed by atoms with Crippen LogP contribution in [0.3, 0.4) is 0 Å². The Kier molecular flexibility index (Phi) is 14.1. The molecule has 0 aromatic heterocycles. The highest BCUT2D eigenvalue weighted by Gasteiger charge is 1.91. The molecule has 0 heterocycles. The van der Waals surface area contributed by atoms with Crippen molar-refractivity contribution in [3.8, 4) is 0 Å². The molecule has 0 bridgehead atoms. The van der Waals surface area contributed by atoms with Gasteiger partial charge in [0.15, 0.2) is 0 Å². The van der Waals surface area contributed by atoms with Gasteiger partial charge in [0.2, 0.25) is 0 Å². The summed E-state index contributed by atoms with van der Waals surface area (Å²) in [7, 11) is 1.99. The zero-order chi connectivity index (χ0) is 7.70. The topological polar surface area (TPSA) is 12.0 Å². The van der Waals surface area contributed by atoms with Gasteiger partial charge in [-0.1, -0.05) is 34.1 Å². The van der Waals surface area contributed by atoms with Crippen molar-refractivity contribution in [1.82, 2.24) is 5.32 Å². The van der Waals surface area contributed by atoms with E-state index in [9.17, 15) is 0 Å². The third-order valence-electron chi connectivity index (χ3n) is 1.25. The fourth-order valence-electron chi connectivity index (χ4n) is 0.493. The first-order valence-corrected chi connectivity index (χ1v) is 3.95. The largest absolute Gasteiger partial charge is 0.319 e. The lowest BCUT2D eigenvalue weighted by atomic mass is 10.1. The minimum Gasteiger partial charge on any atom is -0.319 e. The Morgan fingerprint density at radius 1 is 1.33 bits per heavy atom. The van der Waals surface area contributed by atoms with Crippen LogP contribution in [-0.2, 0) is 0 Å². The monoisotopic (exact) mass is 131 g/mol. The normalized spacial score (nSPS) is 11.7. The smallest absolute Gasteiger partial charge is 0.00263 e. The Hall–Kier alpha value is -0.0400. The van der Waals surface area contributed by atoms with Crippen LogP contribution in [0.25, 0.3) is 0 Å². The summed E-state index contributed by atoms with van der Waals surface area (Å²) in [4.78, 5) is 0. The van der Waals surface area contributed by atoms with E-state index >= 15 is 0 Å². The lowest BCUT2D eigenvalue weighted by molar-refractivity contribution is 0.528. The molecule has 0 unspecified atom stereocenters. The highest BCUT2D eigenvalue weighted by atomic mass is 14.8. The van der Waals surface area contributed by atoms with Crippen LogP contribution in [0.15, 0.2) is 0 Å². The Labute approximate surface area is 59.8 Å². The van der Waals surface area contributed by atoms with Gasteiger partial charge in [-0.2, -0.15) is 0 Å². The number of hydrogen-bond acceptors (Lipinski definition) is 1. The van der Waals surface area contributed by atoms with E-state index in [1.807, 2.05) is 20.9 Å². The van der Waals surface area contributed by atoms with Crippen molar-refractivity contribution >= 4 is 0 Å². The maximum absolute atomic E-state index is 3.12. The molecule has 0 aromatic carbocycles. The molecule has 0 aliphatic carbocycles. The summed E-state index contributed by atoms with van der Waals surface area (Å²) in [6.45, 7) is 9.61. The molecule has 1 atom stereocenters. The summed E-state index contributed by atoms with van der Waals surface area (Å²) >= 11 is 0. The van der Waals surface area contributed by atoms with Gasteiger partial charge in [-0.25, -0.2) is 0 Å². The zero-order valence-electron chi connectivity index (χ0n) is 7.49. The molecule has 9 heavy (non-hydrogen) atoms. The Morgan fingerprint density at radius 2 is 1.78 bits per heavy atom. The molecule has 0 rings (SSSR count). The Morgan fingerprint density at radius 3 is 1.89 bits per heavy atom. The summed E-state index contributed by atoms with van der Waals surface area (Å²) in [5, 5.41) is 3.12. The average Bonchev–Trinajstić information content (AvgIpc) is 1.93. The molecule has 0 radical (unpaired) electrons. The quantitative estimate of drug-likeness (QED) is 0.619. The first-order chi connectivity index (χ1) is 4.31. The number of nitrogens with one attached hydrogen (secondary N) is 1. The molecule has 1 N–H and O–H groups in total. The molecular formula is C8H21N. The van der Waals surface area contributed by atoms with E-state index in [1.54, 1.807) is 0 Å². The van der Waals surface area contributed by atoms with Crippen LogP contribution >= 0.6 is 0 Å². The second-order valence-electron chi connectivity index (χ2n) is 2.07. The molecule has 1 heteroatoms. The van der Waals surface area contributed by atoms with Crippen LogP contribution in [0.4, 0.5) is 0 Å². The SMILES string of the molecule is CC.CC[C@@H](C)CNC. The molecule has 0 amide bonds. The van der Waals surface area contributed by atoms with E-state index in [-0.39, 0.29) is 0 Å². The Bertz CT molecular complexity index is 35.5. The molecule has 58 valence electrons. The summed E-state index contributed by atoms with van der Waals surface area (Å²) in [6, 6.07) is 0. The van der Waals surface area contributed by atoms with Crippen LogP contribution in [0.5, 0.6) is 0 Å². The van der Waals surface area contributed by atoms with E-state index in [0.717, 1.165) is 12.5 Å². The summed E-state index contributed by atoms with van der Waals surface area (Å²) < 4.78 is 0. The van der Waals surface area contributed by atoms with Crippen LogP contribution in [0.1, 0.15) is 34.1 Å². The van der Waals surface area contributed by atoms with Gasteiger partial charge in [0, 0.05) is 0 Å². The fraction of sp³-hybridized carbons (Fsp3) is 1.00. The zero-order valence-corrected chi connectivity index (χ0v) is 7.49. The summed E-state index contributed by atoms with van der Waals surface area (Å²) in [5.74, 6) is 0.838. The molecule has 0 saturated heterocycles. The van der Waals surface area contributed by atoms with Crippen molar-refractivity contribution in [2.75, 3.05) is 13.6 Å². The van der Waals surface area contributed by atoms with Crippen molar-refractivity contribution in [3.63, 3.8) is 0 Å². The van der Waals surface area contributed by atoms with Crippen LogP contribution < -0.4 is 5.32 Å². The predicted octanol–water partition coefficient (Wildman–Crippen LogP) is 2.28. The molecule has 0 fully saturated rings. The van der Waals surface area contributed by atoms with Crippen LogP contribution in [0.2, 0.25) is 0 Å². The van der Waals surface area contributed by atoms with E-state index in [4.69, 9.17) is 0 Å². The lowest BCUT2D eigenvalue weighted by Gasteiger charge is -2.04. The molecular weight excluding hydrogens is 110 g/mol. The first kappa shape index (κ1) is 11.7. The van der Waals surface area contributed by atoms with Gasteiger partial charge in [0.25, 0.3) is 0 Å². The lowest BCUT2D eigenvalue weighted by Crippen LogP contribution is -2.14. The third kappa shape index (κ3) is 11.5.